The normalized spacial score (nSPS) is 12.3. The first-order chi connectivity index (χ1) is 12.2. The SMILES string of the molecule is COc1cc2ccc(=O)oc2cc1OC/C=C(\C)CCC(=O)C(C)(C)O. The highest BCUT2D eigenvalue weighted by molar-refractivity contribution is 5.86. The van der Waals surface area contributed by atoms with Gasteiger partial charge in [0, 0.05) is 23.9 Å². The Kier molecular flexibility index (Phi) is 6.21. The molecular formula is C20H24O6. The van der Waals surface area contributed by atoms with Gasteiger partial charge in [0.1, 0.15) is 17.8 Å². The van der Waals surface area contributed by atoms with Crippen LogP contribution in [0.4, 0.5) is 0 Å². The highest BCUT2D eigenvalue weighted by atomic mass is 16.5. The highest BCUT2D eigenvalue weighted by Crippen LogP contribution is 2.31. The van der Waals surface area contributed by atoms with E-state index in [0.29, 0.717) is 23.5 Å². The second-order valence-electron chi connectivity index (χ2n) is 6.64. The standard InChI is InChI=1S/C20H24O6/c1-13(5-7-18(21)20(2,3)23)9-10-25-17-12-15-14(11-16(17)24-4)6-8-19(22)26-15/h6,8-9,11-12,23H,5,7,10H2,1-4H3/b13-9+. The third-order valence-electron chi connectivity index (χ3n) is 4.00. The Morgan fingerprint density at radius 2 is 1.96 bits per heavy atom. The molecule has 2 aromatic rings. The van der Waals surface area contributed by atoms with Crippen molar-refractivity contribution in [1.82, 2.24) is 0 Å². The lowest BCUT2D eigenvalue weighted by Crippen LogP contribution is -2.30. The lowest BCUT2D eigenvalue weighted by Gasteiger charge is -2.15. The summed E-state index contributed by atoms with van der Waals surface area (Å²) in [5.41, 5.74) is -0.335. The molecule has 26 heavy (non-hydrogen) atoms. The Bertz CT molecular complexity index is 870. The molecule has 1 aromatic heterocycles. The number of ketones is 1. The third-order valence-corrected chi connectivity index (χ3v) is 4.00. The predicted molar refractivity (Wildman–Crippen MR) is 98.8 cm³/mol. The summed E-state index contributed by atoms with van der Waals surface area (Å²) in [6.07, 6.45) is 2.69. The van der Waals surface area contributed by atoms with Gasteiger partial charge in [-0.2, -0.15) is 0 Å². The van der Waals surface area contributed by atoms with Crippen molar-refractivity contribution in [3.05, 3.63) is 46.3 Å². The van der Waals surface area contributed by atoms with E-state index in [1.165, 1.54) is 27.0 Å². The zero-order valence-corrected chi connectivity index (χ0v) is 15.5. The van der Waals surface area contributed by atoms with Crippen LogP contribution in [0.1, 0.15) is 33.6 Å². The van der Waals surface area contributed by atoms with E-state index >= 15 is 0 Å². The molecule has 2 rings (SSSR count). The van der Waals surface area contributed by atoms with E-state index in [1.807, 2.05) is 13.0 Å². The second kappa shape index (κ2) is 8.19. The van der Waals surface area contributed by atoms with Crippen molar-refractivity contribution in [2.45, 2.75) is 39.2 Å². The van der Waals surface area contributed by atoms with Gasteiger partial charge in [-0.3, -0.25) is 4.79 Å². The van der Waals surface area contributed by atoms with Gasteiger partial charge in [-0.15, -0.1) is 0 Å². The maximum atomic E-state index is 11.7. The molecule has 0 bridgehead atoms. The first-order valence-corrected chi connectivity index (χ1v) is 8.36. The van der Waals surface area contributed by atoms with Crippen LogP contribution in [0.25, 0.3) is 11.0 Å². The minimum atomic E-state index is -1.31. The fraction of sp³-hybridized carbons (Fsp3) is 0.400. The quantitative estimate of drug-likeness (QED) is 0.574. The molecule has 6 nitrogen and oxygen atoms in total. The summed E-state index contributed by atoms with van der Waals surface area (Å²) >= 11 is 0. The Morgan fingerprint density at radius 1 is 1.23 bits per heavy atom. The Morgan fingerprint density at radius 3 is 2.62 bits per heavy atom. The predicted octanol–water partition coefficient (Wildman–Crippen LogP) is 3.25. The molecule has 0 unspecified atom stereocenters. The zero-order valence-electron chi connectivity index (χ0n) is 15.5. The first-order valence-electron chi connectivity index (χ1n) is 8.36. The lowest BCUT2D eigenvalue weighted by atomic mass is 9.98. The summed E-state index contributed by atoms with van der Waals surface area (Å²) in [6, 6.07) is 6.38. The smallest absolute Gasteiger partial charge is 0.336 e. The number of hydrogen-bond acceptors (Lipinski definition) is 6. The van der Waals surface area contributed by atoms with Gasteiger partial charge in [0.15, 0.2) is 17.3 Å². The van der Waals surface area contributed by atoms with Crippen LogP contribution in [0.15, 0.2) is 45.1 Å². The van der Waals surface area contributed by atoms with Crippen molar-refractivity contribution < 1.29 is 23.8 Å². The fourth-order valence-electron chi connectivity index (χ4n) is 2.34. The zero-order chi connectivity index (χ0) is 19.3. The minimum Gasteiger partial charge on any atom is -0.493 e. The number of allylic oxidation sites excluding steroid dienone is 1. The summed E-state index contributed by atoms with van der Waals surface area (Å²) in [5, 5.41) is 10.4. The van der Waals surface area contributed by atoms with E-state index in [2.05, 4.69) is 0 Å². The molecule has 0 fully saturated rings. The van der Waals surface area contributed by atoms with E-state index in [-0.39, 0.29) is 18.8 Å². The van der Waals surface area contributed by atoms with Gasteiger partial charge in [-0.25, -0.2) is 4.79 Å². The molecule has 0 spiro atoms. The average molecular weight is 360 g/mol. The minimum absolute atomic E-state index is 0.197. The molecule has 1 aromatic carbocycles. The summed E-state index contributed by atoms with van der Waals surface area (Å²) in [4.78, 5) is 23.1. The van der Waals surface area contributed by atoms with Crippen molar-refractivity contribution >= 4 is 16.8 Å². The molecule has 1 N–H and O–H groups in total. The van der Waals surface area contributed by atoms with Gasteiger partial charge in [0.05, 0.1) is 7.11 Å². The number of benzene rings is 1. The number of carbonyl (C=O) groups is 1. The van der Waals surface area contributed by atoms with Crippen LogP contribution in [0.2, 0.25) is 0 Å². The lowest BCUT2D eigenvalue weighted by molar-refractivity contribution is -0.134. The van der Waals surface area contributed by atoms with Crippen LogP contribution in [0.3, 0.4) is 0 Å². The number of fused-ring (bicyclic) bond motifs is 1. The van der Waals surface area contributed by atoms with E-state index in [4.69, 9.17) is 13.9 Å². The van der Waals surface area contributed by atoms with Crippen molar-refractivity contribution in [2.75, 3.05) is 13.7 Å². The second-order valence-corrected chi connectivity index (χ2v) is 6.64. The van der Waals surface area contributed by atoms with Gasteiger partial charge < -0.3 is 19.0 Å². The average Bonchev–Trinajstić information content (AvgIpc) is 2.58. The summed E-state index contributed by atoms with van der Waals surface area (Å²) in [7, 11) is 1.54. The molecule has 0 radical (unpaired) electrons. The number of hydrogen-bond donors (Lipinski definition) is 1. The van der Waals surface area contributed by atoms with Crippen LogP contribution in [0.5, 0.6) is 11.5 Å². The largest absolute Gasteiger partial charge is 0.493 e. The van der Waals surface area contributed by atoms with Gasteiger partial charge in [0.25, 0.3) is 0 Å². The molecule has 0 aliphatic carbocycles. The maximum Gasteiger partial charge on any atom is 0.336 e. The van der Waals surface area contributed by atoms with E-state index in [9.17, 15) is 14.7 Å². The Balaban J connectivity index is 2.04. The van der Waals surface area contributed by atoms with Crippen LogP contribution in [-0.4, -0.2) is 30.2 Å². The van der Waals surface area contributed by atoms with Crippen molar-refractivity contribution in [2.24, 2.45) is 0 Å². The number of methoxy groups -OCH3 is 1. The van der Waals surface area contributed by atoms with Gasteiger partial charge in [0.2, 0.25) is 0 Å². The molecule has 0 amide bonds. The number of Topliss-reactive ketones (excluding diaryl/α,β-unsaturated/α-hetero) is 1. The number of rotatable bonds is 8. The van der Waals surface area contributed by atoms with E-state index < -0.39 is 11.2 Å². The summed E-state index contributed by atoms with van der Waals surface area (Å²) in [6.45, 7) is 5.16. The highest BCUT2D eigenvalue weighted by Gasteiger charge is 2.22. The molecule has 0 aliphatic heterocycles. The monoisotopic (exact) mass is 360 g/mol. The molecule has 0 atom stereocenters. The third kappa shape index (κ3) is 5.20. The first kappa shape index (κ1) is 19.7. The fourth-order valence-corrected chi connectivity index (χ4v) is 2.34. The maximum absolute atomic E-state index is 11.7. The van der Waals surface area contributed by atoms with Gasteiger partial charge in [-0.1, -0.05) is 5.57 Å². The molecule has 6 heteroatoms. The Hall–Kier alpha value is -2.60. The van der Waals surface area contributed by atoms with Gasteiger partial charge in [-0.05, 0) is 45.4 Å². The van der Waals surface area contributed by atoms with Crippen molar-refractivity contribution in [3.8, 4) is 11.5 Å². The van der Waals surface area contributed by atoms with Crippen LogP contribution in [-0.2, 0) is 4.79 Å². The van der Waals surface area contributed by atoms with Crippen LogP contribution in [0, 0.1) is 0 Å². The molecule has 0 saturated carbocycles. The molecular weight excluding hydrogens is 336 g/mol. The molecule has 1 heterocycles. The van der Waals surface area contributed by atoms with E-state index in [1.54, 1.807) is 18.2 Å². The molecule has 0 aliphatic rings. The Labute approximate surface area is 152 Å². The number of ether oxygens (including phenoxy) is 2. The molecule has 140 valence electrons. The van der Waals surface area contributed by atoms with E-state index in [0.717, 1.165) is 11.0 Å². The molecule has 0 saturated heterocycles. The van der Waals surface area contributed by atoms with Gasteiger partial charge >= 0.3 is 5.63 Å². The van der Waals surface area contributed by atoms with Crippen molar-refractivity contribution in [1.29, 1.82) is 0 Å². The van der Waals surface area contributed by atoms with Crippen molar-refractivity contribution in [3.63, 3.8) is 0 Å². The number of aliphatic hydroxyl groups is 1. The summed E-state index contributed by atoms with van der Waals surface area (Å²) < 4.78 is 16.2. The summed E-state index contributed by atoms with van der Waals surface area (Å²) in [5.74, 6) is 0.804. The van der Waals surface area contributed by atoms with Crippen LogP contribution < -0.4 is 15.1 Å². The number of carbonyl (C=O) groups excluding carboxylic acids is 1. The van der Waals surface area contributed by atoms with Crippen LogP contribution >= 0.6 is 0 Å². The topological polar surface area (TPSA) is 86.0 Å².